The zero-order valence-corrected chi connectivity index (χ0v) is 12.9. The van der Waals surface area contributed by atoms with Gasteiger partial charge in [0, 0.05) is 0 Å². The summed E-state index contributed by atoms with van der Waals surface area (Å²) in [4.78, 5) is 11.2. The highest BCUT2D eigenvalue weighted by molar-refractivity contribution is 7.92. The van der Waals surface area contributed by atoms with Crippen LogP contribution in [0.5, 0.6) is 5.75 Å². The van der Waals surface area contributed by atoms with Crippen molar-refractivity contribution in [1.29, 1.82) is 0 Å². The van der Waals surface area contributed by atoms with E-state index in [1.807, 2.05) is 0 Å². The number of fused-ring (bicyclic) bond motifs is 1. The van der Waals surface area contributed by atoms with Gasteiger partial charge < -0.3 is 9.84 Å². The summed E-state index contributed by atoms with van der Waals surface area (Å²) < 4.78 is 32.0. The Morgan fingerprint density at radius 3 is 2.48 bits per heavy atom. The predicted molar refractivity (Wildman–Crippen MR) is 84.9 cm³/mol. The molecule has 3 rings (SSSR count). The van der Waals surface area contributed by atoms with Gasteiger partial charge in [-0.05, 0) is 17.7 Å². The first-order valence-corrected chi connectivity index (χ1v) is 8.61. The van der Waals surface area contributed by atoms with Gasteiger partial charge in [-0.3, -0.25) is 4.31 Å². The highest BCUT2D eigenvalue weighted by atomic mass is 32.2. The summed E-state index contributed by atoms with van der Waals surface area (Å²) in [5.74, 6) is -1.14. The quantitative estimate of drug-likeness (QED) is 0.923. The molecule has 0 aromatic heterocycles. The molecular weight excluding hydrogens is 318 g/mol. The van der Waals surface area contributed by atoms with E-state index >= 15 is 0 Å². The van der Waals surface area contributed by atoms with Crippen molar-refractivity contribution in [1.82, 2.24) is 0 Å². The van der Waals surface area contributed by atoms with E-state index in [-0.39, 0.29) is 18.0 Å². The van der Waals surface area contributed by atoms with Crippen molar-refractivity contribution in [3.63, 3.8) is 0 Å². The molecular formula is C16H15NO5S. The first kappa shape index (κ1) is 15.4. The molecule has 7 heteroatoms. The lowest BCUT2D eigenvalue weighted by Crippen LogP contribution is -2.47. The van der Waals surface area contributed by atoms with Crippen LogP contribution in [-0.4, -0.2) is 32.1 Å². The van der Waals surface area contributed by atoms with Crippen molar-refractivity contribution in [3.05, 3.63) is 60.2 Å². The Balaban J connectivity index is 1.98. The number of hydrogen-bond donors (Lipinski definition) is 1. The minimum Gasteiger partial charge on any atom is -0.478 e. The van der Waals surface area contributed by atoms with Gasteiger partial charge >= 0.3 is 5.97 Å². The van der Waals surface area contributed by atoms with Gasteiger partial charge in [0.1, 0.15) is 5.75 Å². The summed E-state index contributed by atoms with van der Waals surface area (Å²) in [7, 11) is -3.73. The van der Waals surface area contributed by atoms with E-state index in [1.54, 1.807) is 54.6 Å². The lowest BCUT2D eigenvalue weighted by atomic mass is 10.2. The number of aliphatic carboxylic acids is 1. The Morgan fingerprint density at radius 2 is 1.78 bits per heavy atom. The minimum atomic E-state index is -3.73. The van der Waals surface area contributed by atoms with Crippen molar-refractivity contribution in [2.75, 3.05) is 10.8 Å². The third-order valence-corrected chi connectivity index (χ3v) is 5.25. The van der Waals surface area contributed by atoms with Crippen LogP contribution in [0.2, 0.25) is 0 Å². The van der Waals surface area contributed by atoms with Crippen molar-refractivity contribution in [2.45, 2.75) is 11.9 Å². The zero-order valence-electron chi connectivity index (χ0n) is 12.1. The third-order valence-electron chi connectivity index (χ3n) is 3.54. The number of carboxylic acids is 1. The Morgan fingerprint density at radius 1 is 1.13 bits per heavy atom. The molecule has 6 nitrogen and oxygen atoms in total. The maximum absolute atomic E-state index is 12.8. The topological polar surface area (TPSA) is 83.9 Å². The molecule has 1 atom stereocenters. The molecule has 0 aliphatic carbocycles. The van der Waals surface area contributed by atoms with Crippen LogP contribution in [-0.2, 0) is 20.6 Å². The molecule has 1 N–H and O–H groups in total. The molecule has 1 aliphatic rings. The Hall–Kier alpha value is -2.54. The standard InChI is InChI=1S/C16H15NO5S/c18-16(19)15-10-17(13-8-4-5-9-14(13)22-15)23(20,21)11-12-6-2-1-3-7-12/h1-9,15H,10-11H2,(H,18,19)/t15-/m1/s1. The first-order chi connectivity index (χ1) is 11.0. The van der Waals surface area contributed by atoms with E-state index in [9.17, 15) is 18.3 Å². The van der Waals surface area contributed by atoms with Crippen LogP contribution in [0.15, 0.2) is 54.6 Å². The number of anilines is 1. The molecule has 0 unspecified atom stereocenters. The summed E-state index contributed by atoms with van der Waals surface area (Å²) in [5, 5.41) is 9.19. The molecule has 120 valence electrons. The van der Waals surface area contributed by atoms with Gasteiger partial charge in [-0.25, -0.2) is 13.2 Å². The average molecular weight is 333 g/mol. The van der Waals surface area contributed by atoms with Crippen LogP contribution in [0.3, 0.4) is 0 Å². The van der Waals surface area contributed by atoms with Gasteiger partial charge in [0.15, 0.2) is 0 Å². The molecule has 0 bridgehead atoms. The van der Waals surface area contributed by atoms with Crippen LogP contribution in [0, 0.1) is 0 Å². The monoisotopic (exact) mass is 333 g/mol. The molecule has 0 spiro atoms. The van der Waals surface area contributed by atoms with Crippen LogP contribution >= 0.6 is 0 Å². The smallest absolute Gasteiger partial charge is 0.346 e. The number of benzene rings is 2. The molecule has 23 heavy (non-hydrogen) atoms. The number of rotatable bonds is 4. The molecule has 0 radical (unpaired) electrons. The highest BCUT2D eigenvalue weighted by Gasteiger charge is 2.36. The SMILES string of the molecule is O=C(O)[C@H]1CN(S(=O)(=O)Cc2ccccc2)c2ccccc2O1. The van der Waals surface area contributed by atoms with Gasteiger partial charge in [-0.15, -0.1) is 0 Å². The Bertz CT molecular complexity index is 819. The molecule has 0 saturated heterocycles. The number of nitrogens with zero attached hydrogens (tertiary/aromatic N) is 1. The number of ether oxygens (including phenoxy) is 1. The first-order valence-electron chi connectivity index (χ1n) is 7.00. The molecule has 0 fully saturated rings. The fourth-order valence-electron chi connectivity index (χ4n) is 2.46. The molecule has 0 amide bonds. The van der Waals surface area contributed by atoms with Crippen molar-refractivity contribution in [2.24, 2.45) is 0 Å². The van der Waals surface area contributed by atoms with Crippen LogP contribution in [0.1, 0.15) is 5.56 Å². The maximum Gasteiger partial charge on any atom is 0.346 e. The lowest BCUT2D eigenvalue weighted by molar-refractivity contribution is -0.144. The Labute approximate surface area is 134 Å². The zero-order chi connectivity index (χ0) is 16.4. The number of para-hydroxylation sites is 2. The molecule has 0 saturated carbocycles. The van der Waals surface area contributed by atoms with E-state index in [0.717, 1.165) is 4.31 Å². The van der Waals surface area contributed by atoms with Gasteiger partial charge in [-0.1, -0.05) is 42.5 Å². The predicted octanol–water partition coefficient (Wildman–Crippen LogP) is 1.87. The third kappa shape index (κ3) is 3.14. The highest BCUT2D eigenvalue weighted by Crippen LogP contribution is 2.35. The maximum atomic E-state index is 12.8. The summed E-state index contributed by atoms with van der Waals surface area (Å²) >= 11 is 0. The average Bonchev–Trinajstić information content (AvgIpc) is 2.54. The normalized spacial score (nSPS) is 17.2. The number of carbonyl (C=O) groups is 1. The van der Waals surface area contributed by atoms with Gasteiger partial charge in [0.05, 0.1) is 18.0 Å². The number of hydrogen-bond acceptors (Lipinski definition) is 4. The van der Waals surface area contributed by atoms with E-state index in [0.29, 0.717) is 11.3 Å². The van der Waals surface area contributed by atoms with E-state index in [4.69, 9.17) is 4.74 Å². The summed E-state index contributed by atoms with van der Waals surface area (Å²) in [6.07, 6.45) is -1.23. The van der Waals surface area contributed by atoms with Crippen molar-refractivity contribution in [3.8, 4) is 5.75 Å². The van der Waals surface area contributed by atoms with Crippen molar-refractivity contribution >= 4 is 21.7 Å². The molecule has 2 aromatic carbocycles. The minimum absolute atomic E-state index is 0.200. The summed E-state index contributed by atoms with van der Waals surface area (Å²) in [5.41, 5.74) is 1.00. The molecule has 1 heterocycles. The van der Waals surface area contributed by atoms with E-state index in [2.05, 4.69) is 0 Å². The second kappa shape index (κ2) is 5.92. The number of carboxylic acid groups (broad SMARTS) is 1. The van der Waals surface area contributed by atoms with Crippen LogP contribution < -0.4 is 9.04 Å². The van der Waals surface area contributed by atoms with Crippen LogP contribution in [0.4, 0.5) is 5.69 Å². The fraction of sp³-hybridized carbons (Fsp3) is 0.188. The summed E-state index contributed by atoms with van der Waals surface area (Å²) in [6.45, 7) is -0.248. The largest absolute Gasteiger partial charge is 0.478 e. The van der Waals surface area contributed by atoms with Crippen LogP contribution in [0.25, 0.3) is 0 Å². The fourth-order valence-corrected chi connectivity index (χ4v) is 4.04. The van der Waals surface area contributed by atoms with E-state index < -0.39 is 22.1 Å². The summed E-state index contributed by atoms with van der Waals surface area (Å²) in [6, 6.07) is 15.3. The molecule has 1 aliphatic heterocycles. The second-order valence-electron chi connectivity index (χ2n) is 5.19. The van der Waals surface area contributed by atoms with Gasteiger partial charge in [0.2, 0.25) is 16.1 Å². The number of sulfonamides is 1. The van der Waals surface area contributed by atoms with Gasteiger partial charge in [-0.2, -0.15) is 0 Å². The van der Waals surface area contributed by atoms with Gasteiger partial charge in [0.25, 0.3) is 0 Å². The second-order valence-corrected chi connectivity index (χ2v) is 7.08. The molecule has 2 aromatic rings. The van der Waals surface area contributed by atoms with Crippen molar-refractivity contribution < 1.29 is 23.1 Å². The van der Waals surface area contributed by atoms with E-state index in [1.165, 1.54) is 0 Å². The lowest BCUT2D eigenvalue weighted by Gasteiger charge is -2.33. The Kier molecular flexibility index (Phi) is 3.96.